The Morgan fingerprint density at radius 2 is 1.84 bits per heavy atom. The zero-order valence-electron chi connectivity index (χ0n) is 18.6. The van der Waals surface area contributed by atoms with Crippen LogP contribution in [0.5, 0.6) is 0 Å². The van der Waals surface area contributed by atoms with Gasteiger partial charge in [0.25, 0.3) is 0 Å². The number of ether oxygens (including phenoxy) is 2. The van der Waals surface area contributed by atoms with Crippen LogP contribution < -0.4 is 10.6 Å². The molecule has 3 rings (SSSR count). The van der Waals surface area contributed by atoms with Crippen molar-refractivity contribution >= 4 is 11.9 Å². The molecule has 2 aliphatic rings. The number of amides is 3. The topological polar surface area (TPSA) is 104 Å². The summed E-state index contributed by atoms with van der Waals surface area (Å²) < 4.78 is 10.9. The molecule has 2 fully saturated rings. The molecule has 2 atom stereocenters. The molecule has 1 aromatic rings. The SMILES string of the molecule is N#C[C@@H](COCc1ccccc1)NC(=O)C(CC1CCCCC1)NC(=O)N1CCOCC1. The second kappa shape index (κ2) is 13.0. The van der Waals surface area contributed by atoms with E-state index < -0.39 is 12.1 Å². The monoisotopic (exact) mass is 442 g/mol. The van der Waals surface area contributed by atoms with E-state index in [4.69, 9.17) is 9.47 Å². The number of carbonyl (C=O) groups is 2. The molecular formula is C24H34N4O4. The lowest BCUT2D eigenvalue weighted by Gasteiger charge is -2.31. The van der Waals surface area contributed by atoms with Gasteiger partial charge in [-0.1, -0.05) is 62.4 Å². The zero-order chi connectivity index (χ0) is 22.6. The van der Waals surface area contributed by atoms with Crippen LogP contribution in [0.25, 0.3) is 0 Å². The lowest BCUT2D eigenvalue weighted by atomic mass is 9.84. The van der Waals surface area contributed by atoms with E-state index in [0.717, 1.165) is 31.2 Å². The van der Waals surface area contributed by atoms with Gasteiger partial charge in [-0.15, -0.1) is 0 Å². The predicted molar refractivity (Wildman–Crippen MR) is 120 cm³/mol. The first-order valence-corrected chi connectivity index (χ1v) is 11.6. The van der Waals surface area contributed by atoms with Crippen LogP contribution in [-0.2, 0) is 20.9 Å². The van der Waals surface area contributed by atoms with E-state index in [1.165, 1.54) is 6.42 Å². The minimum Gasteiger partial charge on any atom is -0.378 e. The van der Waals surface area contributed by atoms with Crippen LogP contribution in [0.2, 0.25) is 0 Å². The van der Waals surface area contributed by atoms with Gasteiger partial charge in [0.15, 0.2) is 0 Å². The third-order valence-electron chi connectivity index (χ3n) is 6.07. The molecule has 1 saturated heterocycles. The predicted octanol–water partition coefficient (Wildman–Crippen LogP) is 2.59. The van der Waals surface area contributed by atoms with Crippen LogP contribution in [0.3, 0.4) is 0 Å². The summed E-state index contributed by atoms with van der Waals surface area (Å²) in [5.41, 5.74) is 1.00. The van der Waals surface area contributed by atoms with Gasteiger partial charge in [-0.25, -0.2) is 4.79 Å². The molecular weight excluding hydrogens is 408 g/mol. The van der Waals surface area contributed by atoms with E-state index >= 15 is 0 Å². The van der Waals surface area contributed by atoms with Crippen molar-refractivity contribution < 1.29 is 19.1 Å². The number of nitrogens with zero attached hydrogens (tertiary/aromatic N) is 2. The van der Waals surface area contributed by atoms with Crippen molar-refractivity contribution in [3.05, 3.63) is 35.9 Å². The zero-order valence-corrected chi connectivity index (χ0v) is 18.6. The number of rotatable bonds is 9. The van der Waals surface area contributed by atoms with Crippen LogP contribution in [-0.4, -0.2) is 61.8 Å². The van der Waals surface area contributed by atoms with E-state index in [1.54, 1.807) is 4.90 Å². The Morgan fingerprint density at radius 3 is 2.53 bits per heavy atom. The van der Waals surface area contributed by atoms with Crippen LogP contribution >= 0.6 is 0 Å². The summed E-state index contributed by atoms with van der Waals surface area (Å²) in [7, 11) is 0. The van der Waals surface area contributed by atoms with Crippen LogP contribution in [0.4, 0.5) is 4.79 Å². The summed E-state index contributed by atoms with van der Waals surface area (Å²) in [5, 5.41) is 15.2. The molecule has 1 heterocycles. The Bertz CT molecular complexity index is 755. The fourth-order valence-corrected chi connectivity index (χ4v) is 4.25. The first-order chi connectivity index (χ1) is 15.7. The van der Waals surface area contributed by atoms with Crippen molar-refractivity contribution in [1.29, 1.82) is 5.26 Å². The van der Waals surface area contributed by atoms with Gasteiger partial charge in [-0.05, 0) is 17.9 Å². The summed E-state index contributed by atoms with van der Waals surface area (Å²) in [6.45, 7) is 2.48. The molecule has 174 valence electrons. The normalized spacial score (nSPS) is 18.9. The smallest absolute Gasteiger partial charge is 0.318 e. The highest BCUT2D eigenvalue weighted by Gasteiger charge is 2.29. The fourth-order valence-electron chi connectivity index (χ4n) is 4.25. The maximum Gasteiger partial charge on any atom is 0.318 e. The van der Waals surface area contributed by atoms with Crippen LogP contribution in [0.15, 0.2) is 30.3 Å². The summed E-state index contributed by atoms with van der Waals surface area (Å²) >= 11 is 0. The van der Waals surface area contributed by atoms with E-state index in [2.05, 4.69) is 16.7 Å². The highest BCUT2D eigenvalue weighted by atomic mass is 16.5. The first kappa shape index (κ1) is 24.0. The average Bonchev–Trinajstić information content (AvgIpc) is 2.84. The maximum atomic E-state index is 13.1. The fraction of sp³-hybridized carbons (Fsp3) is 0.625. The molecule has 2 N–H and O–H groups in total. The van der Waals surface area contributed by atoms with Gasteiger partial charge in [0, 0.05) is 13.1 Å². The molecule has 0 radical (unpaired) electrons. The Morgan fingerprint density at radius 1 is 1.12 bits per heavy atom. The molecule has 8 heteroatoms. The van der Waals surface area contributed by atoms with E-state index in [9.17, 15) is 14.9 Å². The van der Waals surface area contributed by atoms with Crippen LogP contribution in [0.1, 0.15) is 44.1 Å². The highest BCUT2D eigenvalue weighted by Crippen LogP contribution is 2.27. The van der Waals surface area contributed by atoms with Gasteiger partial charge < -0.3 is 25.0 Å². The molecule has 32 heavy (non-hydrogen) atoms. The second-order valence-electron chi connectivity index (χ2n) is 8.53. The number of morpholine rings is 1. The third kappa shape index (κ3) is 7.81. The van der Waals surface area contributed by atoms with Gasteiger partial charge in [-0.3, -0.25) is 4.79 Å². The number of hydrogen-bond acceptors (Lipinski definition) is 5. The number of benzene rings is 1. The standard InChI is InChI=1S/C24H34N4O4/c25-16-21(18-32-17-20-9-5-2-6-10-20)26-23(29)22(15-19-7-3-1-4-8-19)27-24(30)28-11-13-31-14-12-28/h2,5-6,9-10,19,21-22H,1,3-4,7-8,11-15,17-18H2,(H,26,29)(H,27,30)/t21-,22?/m0/s1. The number of nitrogens with one attached hydrogen (secondary N) is 2. The molecule has 1 saturated carbocycles. The van der Waals surface area contributed by atoms with Crippen molar-refractivity contribution in [2.75, 3.05) is 32.9 Å². The minimum atomic E-state index is -0.777. The largest absolute Gasteiger partial charge is 0.378 e. The summed E-state index contributed by atoms with van der Waals surface area (Å²) in [6.07, 6.45) is 6.26. The van der Waals surface area contributed by atoms with Crippen LogP contribution in [0, 0.1) is 17.2 Å². The molecule has 1 unspecified atom stereocenters. The van der Waals surface area contributed by atoms with Gasteiger partial charge >= 0.3 is 6.03 Å². The quantitative estimate of drug-likeness (QED) is 0.612. The first-order valence-electron chi connectivity index (χ1n) is 11.6. The van der Waals surface area contributed by atoms with Crippen molar-refractivity contribution in [1.82, 2.24) is 15.5 Å². The lowest BCUT2D eigenvalue weighted by Crippen LogP contribution is -2.55. The molecule has 8 nitrogen and oxygen atoms in total. The van der Waals surface area contributed by atoms with Crippen molar-refractivity contribution in [3.8, 4) is 6.07 Å². The van der Waals surface area contributed by atoms with E-state index in [-0.39, 0.29) is 18.5 Å². The molecule has 1 aromatic carbocycles. The number of hydrogen-bond donors (Lipinski definition) is 2. The Labute approximate surface area is 190 Å². The molecule has 3 amide bonds. The lowest BCUT2D eigenvalue weighted by molar-refractivity contribution is -0.124. The highest BCUT2D eigenvalue weighted by molar-refractivity contribution is 5.87. The Kier molecular flexibility index (Phi) is 9.79. The number of nitriles is 1. The third-order valence-corrected chi connectivity index (χ3v) is 6.07. The van der Waals surface area contributed by atoms with Gasteiger partial charge in [0.05, 0.1) is 32.5 Å². The number of carbonyl (C=O) groups excluding carboxylic acids is 2. The van der Waals surface area contributed by atoms with E-state index in [0.29, 0.717) is 45.2 Å². The van der Waals surface area contributed by atoms with Crippen molar-refractivity contribution in [2.45, 2.75) is 57.2 Å². The summed E-state index contributed by atoms with van der Waals surface area (Å²) in [6, 6.07) is 10.1. The average molecular weight is 443 g/mol. The molecule has 0 aromatic heterocycles. The molecule has 0 spiro atoms. The van der Waals surface area contributed by atoms with Crippen molar-refractivity contribution in [3.63, 3.8) is 0 Å². The van der Waals surface area contributed by atoms with Gasteiger partial charge in [-0.2, -0.15) is 5.26 Å². The maximum absolute atomic E-state index is 13.1. The Hall–Kier alpha value is -2.63. The van der Waals surface area contributed by atoms with Crippen molar-refractivity contribution in [2.24, 2.45) is 5.92 Å². The Balaban J connectivity index is 1.55. The molecule has 1 aliphatic heterocycles. The molecule has 0 bridgehead atoms. The second-order valence-corrected chi connectivity index (χ2v) is 8.53. The van der Waals surface area contributed by atoms with E-state index in [1.807, 2.05) is 30.3 Å². The minimum absolute atomic E-state index is 0.0880. The van der Waals surface area contributed by atoms with Gasteiger partial charge in [0.2, 0.25) is 5.91 Å². The van der Waals surface area contributed by atoms with Gasteiger partial charge in [0.1, 0.15) is 12.1 Å². The molecule has 1 aliphatic carbocycles. The summed E-state index contributed by atoms with van der Waals surface area (Å²) in [4.78, 5) is 27.5. The summed E-state index contributed by atoms with van der Waals surface area (Å²) in [5.74, 6) is 0.0754. The number of urea groups is 1.